The van der Waals surface area contributed by atoms with E-state index in [9.17, 15) is 9.90 Å². The number of rotatable bonds is 5. The van der Waals surface area contributed by atoms with E-state index in [-0.39, 0.29) is 5.56 Å². The van der Waals surface area contributed by atoms with Gasteiger partial charge in [-0.1, -0.05) is 77.8 Å². The maximum Gasteiger partial charge on any atom is 0.257 e. The second-order valence-electron chi connectivity index (χ2n) is 10.0. The number of imidazole rings is 2. The zero-order valence-electron chi connectivity index (χ0n) is 21.8. The summed E-state index contributed by atoms with van der Waals surface area (Å²) in [5.41, 5.74) is 3.45. The molecule has 200 valence electrons. The third-order valence-corrected chi connectivity index (χ3v) is 8.05. The Bertz CT molecular complexity index is 2120. The van der Waals surface area contributed by atoms with E-state index in [1.807, 2.05) is 67.7 Å². The molecule has 6 nitrogen and oxygen atoms in total. The number of aliphatic hydroxyl groups is 1. The number of benzene rings is 4. The molecule has 7 aromatic rings. The molecule has 7 rings (SSSR count). The summed E-state index contributed by atoms with van der Waals surface area (Å²) < 4.78 is 3.43. The van der Waals surface area contributed by atoms with Crippen molar-refractivity contribution in [3.8, 4) is 22.5 Å². The fraction of sp³-hybridized carbons (Fsp3) is 0.0606. The highest BCUT2D eigenvalue weighted by molar-refractivity contribution is 6.31. The first kappa shape index (κ1) is 25.5. The smallest absolute Gasteiger partial charge is 0.257 e. The van der Waals surface area contributed by atoms with Gasteiger partial charge in [0, 0.05) is 34.1 Å². The van der Waals surface area contributed by atoms with Crippen molar-refractivity contribution in [2.75, 3.05) is 0 Å². The molecule has 41 heavy (non-hydrogen) atoms. The Labute approximate surface area is 245 Å². The van der Waals surface area contributed by atoms with E-state index >= 15 is 0 Å². The Balaban J connectivity index is 1.62. The lowest BCUT2D eigenvalue weighted by Gasteiger charge is -2.30. The van der Waals surface area contributed by atoms with Crippen LogP contribution in [-0.2, 0) is 12.6 Å². The van der Waals surface area contributed by atoms with Gasteiger partial charge in [-0.15, -0.1) is 0 Å². The largest absolute Gasteiger partial charge is 0.374 e. The lowest BCUT2D eigenvalue weighted by atomic mass is 9.82. The van der Waals surface area contributed by atoms with Gasteiger partial charge < -0.3 is 9.67 Å². The molecule has 1 atom stereocenters. The van der Waals surface area contributed by atoms with Crippen molar-refractivity contribution in [1.82, 2.24) is 18.9 Å². The van der Waals surface area contributed by atoms with Crippen LogP contribution in [0.5, 0.6) is 0 Å². The number of aromatic nitrogens is 4. The Morgan fingerprint density at radius 1 is 0.805 bits per heavy atom. The lowest BCUT2D eigenvalue weighted by Crippen LogP contribution is -2.31. The van der Waals surface area contributed by atoms with E-state index in [1.54, 1.807) is 57.9 Å². The Kier molecular flexibility index (Phi) is 5.94. The van der Waals surface area contributed by atoms with E-state index in [2.05, 4.69) is 4.98 Å². The second kappa shape index (κ2) is 9.56. The molecule has 0 aliphatic carbocycles. The van der Waals surface area contributed by atoms with Crippen molar-refractivity contribution in [3.63, 3.8) is 0 Å². The third-order valence-electron chi connectivity index (χ3n) is 7.56. The van der Waals surface area contributed by atoms with Crippen LogP contribution in [-0.4, -0.2) is 24.0 Å². The van der Waals surface area contributed by atoms with E-state index in [4.69, 9.17) is 28.2 Å². The molecule has 3 heterocycles. The molecule has 1 N–H and O–H groups in total. The molecule has 0 spiro atoms. The maximum atomic E-state index is 13.7. The van der Waals surface area contributed by atoms with E-state index in [0.29, 0.717) is 49.3 Å². The van der Waals surface area contributed by atoms with Crippen LogP contribution < -0.4 is 5.56 Å². The minimum Gasteiger partial charge on any atom is -0.374 e. The molecule has 0 bridgehead atoms. The van der Waals surface area contributed by atoms with Crippen molar-refractivity contribution >= 4 is 39.6 Å². The monoisotopic (exact) mass is 576 g/mol. The van der Waals surface area contributed by atoms with Gasteiger partial charge >= 0.3 is 0 Å². The number of nitrogens with zero attached hydrogens (tertiary/aromatic N) is 4. The summed E-state index contributed by atoms with van der Waals surface area (Å²) in [6.45, 7) is 0. The first-order chi connectivity index (χ1) is 19.8. The lowest BCUT2D eigenvalue weighted by molar-refractivity contribution is 0.117. The fourth-order valence-electron chi connectivity index (χ4n) is 5.64. The Hall–Kier alpha value is -4.49. The summed E-state index contributed by atoms with van der Waals surface area (Å²) in [5.74, 6) is 0.529. The summed E-state index contributed by atoms with van der Waals surface area (Å²) in [6.07, 6.45) is 3.30. The number of hydrogen-bond donors (Lipinski definition) is 1. The van der Waals surface area contributed by atoms with Gasteiger partial charge in [0.25, 0.3) is 5.56 Å². The quantitative estimate of drug-likeness (QED) is 0.241. The van der Waals surface area contributed by atoms with Crippen LogP contribution in [0, 0.1) is 0 Å². The van der Waals surface area contributed by atoms with Crippen LogP contribution in [0.25, 0.3) is 38.9 Å². The minimum absolute atomic E-state index is 0.207. The number of aryl methyl sites for hydroxylation is 1. The summed E-state index contributed by atoms with van der Waals surface area (Å²) in [4.78, 5) is 23.0. The SMILES string of the molecule is Cn1cncc1C(O)(c1ccc(Cl)cc1)c1cc2nc(-c3ccccc3)n3c(=O)cc(-c4cccc(Cl)c4)c(c1)c23. The number of hydrogen-bond acceptors (Lipinski definition) is 4. The van der Waals surface area contributed by atoms with Gasteiger partial charge in [-0.25, -0.2) is 9.97 Å². The zero-order chi connectivity index (χ0) is 28.3. The Morgan fingerprint density at radius 2 is 1.56 bits per heavy atom. The highest BCUT2D eigenvalue weighted by atomic mass is 35.5. The average Bonchev–Trinajstić information content (AvgIpc) is 3.60. The molecule has 3 aromatic heterocycles. The van der Waals surface area contributed by atoms with Crippen molar-refractivity contribution in [2.45, 2.75) is 5.60 Å². The normalized spacial score (nSPS) is 13.2. The molecule has 0 saturated carbocycles. The number of halogens is 2. The van der Waals surface area contributed by atoms with Crippen molar-refractivity contribution in [2.24, 2.45) is 7.05 Å². The van der Waals surface area contributed by atoms with Gasteiger partial charge in [-0.3, -0.25) is 9.20 Å². The predicted octanol–water partition coefficient (Wildman–Crippen LogP) is 6.94. The van der Waals surface area contributed by atoms with E-state index < -0.39 is 5.60 Å². The van der Waals surface area contributed by atoms with Crippen molar-refractivity contribution in [3.05, 3.63) is 147 Å². The van der Waals surface area contributed by atoms with Crippen LogP contribution in [0.2, 0.25) is 10.0 Å². The Morgan fingerprint density at radius 3 is 2.27 bits per heavy atom. The van der Waals surface area contributed by atoms with Crippen LogP contribution in [0.3, 0.4) is 0 Å². The van der Waals surface area contributed by atoms with Crippen LogP contribution in [0.15, 0.2) is 114 Å². The molecule has 1 unspecified atom stereocenters. The second-order valence-corrected chi connectivity index (χ2v) is 10.9. The molecule has 8 heteroatoms. The summed E-state index contributed by atoms with van der Waals surface area (Å²) >= 11 is 12.6. The van der Waals surface area contributed by atoms with E-state index in [0.717, 1.165) is 16.5 Å². The highest BCUT2D eigenvalue weighted by Crippen LogP contribution is 2.42. The molecule has 0 aliphatic rings. The van der Waals surface area contributed by atoms with Crippen molar-refractivity contribution < 1.29 is 5.11 Å². The fourth-order valence-corrected chi connectivity index (χ4v) is 5.96. The summed E-state index contributed by atoms with van der Waals surface area (Å²) in [7, 11) is 1.84. The average molecular weight is 577 g/mol. The molecular formula is C33H22Cl2N4O2. The van der Waals surface area contributed by atoms with Gasteiger partial charge in [0.05, 0.1) is 29.3 Å². The zero-order valence-corrected chi connectivity index (χ0v) is 23.3. The first-order valence-electron chi connectivity index (χ1n) is 12.9. The molecule has 0 fully saturated rings. The van der Waals surface area contributed by atoms with E-state index in [1.165, 1.54) is 0 Å². The molecule has 0 amide bonds. The summed E-state index contributed by atoms with van der Waals surface area (Å²) in [5, 5.41) is 14.6. The molecule has 0 aliphatic heterocycles. The standard InChI is InChI=1S/C33H22Cl2N4O2/c1-38-19-36-18-29(38)33(41,22-10-12-24(34)13-11-22)23-15-27-26(21-8-5-9-25(35)14-21)17-30(40)39-31(27)28(16-23)37-32(39)20-6-3-2-4-7-20/h2-19,41H,1H3. The van der Waals surface area contributed by atoms with Crippen LogP contribution in [0.1, 0.15) is 16.8 Å². The minimum atomic E-state index is -1.61. The number of pyridine rings is 1. The van der Waals surface area contributed by atoms with Gasteiger partial charge in [0.15, 0.2) is 5.60 Å². The molecule has 4 aromatic carbocycles. The highest BCUT2D eigenvalue weighted by Gasteiger charge is 2.38. The van der Waals surface area contributed by atoms with Crippen LogP contribution in [0.4, 0.5) is 0 Å². The van der Waals surface area contributed by atoms with Crippen LogP contribution >= 0.6 is 23.2 Å². The predicted molar refractivity (Wildman–Crippen MR) is 163 cm³/mol. The molecular weight excluding hydrogens is 555 g/mol. The summed E-state index contributed by atoms with van der Waals surface area (Å²) in [6, 6.07) is 29.5. The van der Waals surface area contributed by atoms with Crippen molar-refractivity contribution in [1.29, 1.82) is 0 Å². The van der Waals surface area contributed by atoms with Gasteiger partial charge in [-0.05, 0) is 58.7 Å². The van der Waals surface area contributed by atoms with Gasteiger partial charge in [-0.2, -0.15) is 0 Å². The first-order valence-corrected chi connectivity index (χ1v) is 13.7. The maximum absolute atomic E-state index is 13.7. The van der Waals surface area contributed by atoms with Gasteiger partial charge in [0.1, 0.15) is 5.82 Å². The van der Waals surface area contributed by atoms with Gasteiger partial charge in [0.2, 0.25) is 0 Å². The molecule has 0 saturated heterocycles. The third kappa shape index (κ3) is 4.03. The molecule has 0 radical (unpaired) electrons. The topological polar surface area (TPSA) is 72.4 Å².